The minimum absolute atomic E-state index is 0.121. The number of fused-ring (bicyclic) bond motifs is 5. The molecule has 3 saturated carbocycles. The van der Waals surface area contributed by atoms with E-state index >= 15 is 0 Å². The first kappa shape index (κ1) is 21.0. The van der Waals surface area contributed by atoms with E-state index in [2.05, 4.69) is 36.9 Å². The summed E-state index contributed by atoms with van der Waals surface area (Å²) in [5.74, 6) is 2.27. The molecule has 4 aliphatic carbocycles. The summed E-state index contributed by atoms with van der Waals surface area (Å²) in [4.78, 5) is 8.20. The third kappa shape index (κ3) is 3.28. The highest BCUT2D eigenvalue weighted by Crippen LogP contribution is 2.67. The maximum Gasteiger partial charge on any atom is 0.129 e. The van der Waals surface area contributed by atoms with Crippen LogP contribution in [0.25, 0.3) is 0 Å². The number of rotatable bonds is 4. The molecule has 1 aliphatic heterocycles. The Bertz CT molecular complexity index is 723. The van der Waals surface area contributed by atoms with Crippen LogP contribution in [-0.2, 0) is 4.84 Å². The highest BCUT2D eigenvalue weighted by atomic mass is 16.6. The molecule has 0 aromatic heterocycles. The van der Waals surface area contributed by atoms with Crippen LogP contribution in [0.15, 0.2) is 16.8 Å². The molecule has 1 saturated heterocycles. The van der Waals surface area contributed by atoms with Gasteiger partial charge in [-0.3, -0.25) is 4.90 Å². The van der Waals surface area contributed by atoms with Gasteiger partial charge in [-0.25, -0.2) is 0 Å². The van der Waals surface area contributed by atoms with Gasteiger partial charge in [0.1, 0.15) is 6.61 Å². The first-order chi connectivity index (χ1) is 14.3. The van der Waals surface area contributed by atoms with Gasteiger partial charge in [-0.15, -0.1) is 0 Å². The topological polar surface area (TPSA) is 45.1 Å². The second kappa shape index (κ2) is 7.62. The Morgan fingerprint density at radius 1 is 1.03 bits per heavy atom. The Morgan fingerprint density at radius 3 is 2.60 bits per heavy atom. The fraction of sp³-hybridized carbons (Fsp3) is 0.885. The summed E-state index contributed by atoms with van der Waals surface area (Å²) >= 11 is 0. The van der Waals surface area contributed by atoms with Gasteiger partial charge in [-0.1, -0.05) is 24.6 Å². The van der Waals surface area contributed by atoms with Gasteiger partial charge in [0.2, 0.25) is 0 Å². The fourth-order valence-corrected chi connectivity index (χ4v) is 8.19. The molecule has 5 rings (SSSR count). The molecule has 6 atom stereocenters. The van der Waals surface area contributed by atoms with Crippen molar-refractivity contribution in [2.24, 2.45) is 33.7 Å². The van der Waals surface area contributed by atoms with E-state index in [9.17, 15) is 5.11 Å². The van der Waals surface area contributed by atoms with Crippen LogP contribution in [0.1, 0.15) is 85.0 Å². The zero-order chi connectivity index (χ0) is 21.0. The summed E-state index contributed by atoms with van der Waals surface area (Å²) in [6, 6.07) is 0. The maximum absolute atomic E-state index is 11.1. The summed E-state index contributed by atoms with van der Waals surface area (Å²) in [5.41, 5.74) is 2.76. The molecule has 3 unspecified atom stereocenters. The van der Waals surface area contributed by atoms with E-state index in [0.29, 0.717) is 11.3 Å². The van der Waals surface area contributed by atoms with Crippen molar-refractivity contribution in [2.45, 2.75) is 90.6 Å². The first-order valence-corrected chi connectivity index (χ1v) is 12.7. The maximum atomic E-state index is 11.1. The molecule has 1 heterocycles. The monoisotopic (exact) mass is 414 g/mol. The van der Waals surface area contributed by atoms with Crippen molar-refractivity contribution in [1.82, 2.24) is 4.90 Å². The second-order valence-electron chi connectivity index (χ2n) is 11.7. The third-order valence-corrected chi connectivity index (χ3v) is 10.4. The quantitative estimate of drug-likeness (QED) is 0.510. The van der Waals surface area contributed by atoms with E-state index in [1.54, 1.807) is 5.57 Å². The average molecular weight is 415 g/mol. The lowest BCUT2D eigenvalue weighted by Gasteiger charge is -2.59. The fourth-order valence-electron chi connectivity index (χ4n) is 8.19. The van der Waals surface area contributed by atoms with E-state index in [-0.39, 0.29) is 5.41 Å². The van der Waals surface area contributed by atoms with E-state index in [1.165, 1.54) is 64.5 Å². The minimum Gasteiger partial charge on any atom is -0.394 e. The van der Waals surface area contributed by atoms with Crippen molar-refractivity contribution in [2.75, 3.05) is 26.2 Å². The molecule has 4 heteroatoms. The van der Waals surface area contributed by atoms with Gasteiger partial charge in [0, 0.05) is 6.54 Å². The van der Waals surface area contributed by atoms with E-state index in [1.807, 2.05) is 0 Å². The zero-order valence-electron chi connectivity index (χ0n) is 19.5. The van der Waals surface area contributed by atoms with Crippen LogP contribution in [0.5, 0.6) is 0 Å². The number of allylic oxidation sites excluding steroid dienone is 2. The lowest BCUT2D eigenvalue weighted by atomic mass is 9.46. The molecule has 0 radical (unpaired) electrons. The number of likely N-dealkylation sites (tertiary alicyclic amines) is 1. The molecule has 0 amide bonds. The molecule has 4 nitrogen and oxygen atoms in total. The standard InChI is InChI=1S/C26H42N2O2/c1-24-11-8-20(27-30-17-16-28-14-4-5-15-28)18-19(24)6-7-21-22(24)9-12-25(2)23(21)10-13-26(25,3)29/h18,21-23,29H,4-17H2,1-3H3/t21?,22?,23?,24-,25-,26-/m0/s1. The summed E-state index contributed by atoms with van der Waals surface area (Å²) in [6.07, 6.45) is 14.5. The predicted octanol–water partition coefficient (Wildman–Crippen LogP) is 5.17. The number of aliphatic hydroxyl groups is 1. The van der Waals surface area contributed by atoms with E-state index in [0.717, 1.165) is 43.5 Å². The van der Waals surface area contributed by atoms with Crippen LogP contribution in [0.3, 0.4) is 0 Å². The van der Waals surface area contributed by atoms with E-state index in [4.69, 9.17) is 4.84 Å². The predicted molar refractivity (Wildman–Crippen MR) is 121 cm³/mol. The van der Waals surface area contributed by atoms with E-state index < -0.39 is 5.60 Å². The molecule has 0 aromatic rings. The molecule has 4 fully saturated rings. The van der Waals surface area contributed by atoms with Gasteiger partial charge in [0.25, 0.3) is 0 Å². The first-order valence-electron chi connectivity index (χ1n) is 12.7. The molecule has 0 spiro atoms. The summed E-state index contributed by atoms with van der Waals surface area (Å²) < 4.78 is 0. The Morgan fingerprint density at radius 2 is 1.80 bits per heavy atom. The zero-order valence-corrected chi connectivity index (χ0v) is 19.5. The van der Waals surface area contributed by atoms with Crippen molar-refractivity contribution in [1.29, 1.82) is 0 Å². The number of hydrogen-bond donors (Lipinski definition) is 1. The number of hydrogen-bond acceptors (Lipinski definition) is 4. The van der Waals surface area contributed by atoms with Gasteiger partial charge < -0.3 is 9.94 Å². The number of nitrogens with zero attached hydrogens (tertiary/aromatic N) is 2. The Kier molecular flexibility index (Phi) is 5.33. The Labute approximate surface area is 183 Å². The molecular formula is C26H42N2O2. The highest BCUT2D eigenvalue weighted by Gasteiger charge is 2.62. The van der Waals surface area contributed by atoms with Crippen molar-refractivity contribution in [3.05, 3.63) is 11.6 Å². The molecule has 0 bridgehead atoms. The molecule has 168 valence electrons. The Hall–Kier alpha value is -0.870. The van der Waals surface area contributed by atoms with Crippen LogP contribution in [0.4, 0.5) is 0 Å². The third-order valence-electron chi connectivity index (χ3n) is 10.4. The summed E-state index contributed by atoms with van der Waals surface area (Å²) in [7, 11) is 0. The van der Waals surface area contributed by atoms with Gasteiger partial charge in [-0.05, 0) is 119 Å². The van der Waals surface area contributed by atoms with Gasteiger partial charge in [-0.2, -0.15) is 0 Å². The van der Waals surface area contributed by atoms with Crippen LogP contribution in [-0.4, -0.2) is 47.6 Å². The summed E-state index contributed by atoms with van der Waals surface area (Å²) in [5, 5.41) is 15.6. The largest absolute Gasteiger partial charge is 0.394 e. The molecule has 5 aliphatic rings. The second-order valence-corrected chi connectivity index (χ2v) is 11.7. The lowest BCUT2D eigenvalue weighted by molar-refractivity contribution is -0.117. The molecule has 1 N–H and O–H groups in total. The van der Waals surface area contributed by atoms with Crippen LogP contribution in [0, 0.1) is 28.6 Å². The lowest BCUT2D eigenvalue weighted by Crippen LogP contribution is -2.53. The molecular weight excluding hydrogens is 372 g/mol. The van der Waals surface area contributed by atoms with Crippen molar-refractivity contribution < 1.29 is 9.94 Å². The van der Waals surface area contributed by atoms with Gasteiger partial charge in [0.15, 0.2) is 0 Å². The van der Waals surface area contributed by atoms with Crippen molar-refractivity contribution in [3.8, 4) is 0 Å². The summed E-state index contributed by atoms with van der Waals surface area (Å²) in [6.45, 7) is 11.2. The average Bonchev–Trinajstić information content (AvgIpc) is 3.31. The smallest absolute Gasteiger partial charge is 0.129 e. The SMILES string of the molecule is C[C@]12CCC(=NOCCN3CCCC3)C=C1CCC1C2CC[C@@]2(C)C1CC[C@]2(C)O. The van der Waals surface area contributed by atoms with Gasteiger partial charge in [0.05, 0.1) is 11.3 Å². The Balaban J connectivity index is 1.26. The van der Waals surface area contributed by atoms with Gasteiger partial charge >= 0.3 is 0 Å². The normalized spacial score (nSPS) is 47.5. The van der Waals surface area contributed by atoms with Crippen LogP contribution >= 0.6 is 0 Å². The minimum atomic E-state index is -0.474. The highest BCUT2D eigenvalue weighted by molar-refractivity contribution is 5.96. The van der Waals surface area contributed by atoms with Crippen LogP contribution in [0.2, 0.25) is 0 Å². The molecule has 0 aromatic carbocycles. The number of oxime groups is 1. The van der Waals surface area contributed by atoms with Crippen molar-refractivity contribution >= 4 is 5.71 Å². The van der Waals surface area contributed by atoms with Crippen molar-refractivity contribution in [3.63, 3.8) is 0 Å². The molecule has 30 heavy (non-hydrogen) atoms. The van der Waals surface area contributed by atoms with Crippen LogP contribution < -0.4 is 0 Å².